The van der Waals surface area contributed by atoms with E-state index in [4.69, 9.17) is 18.9 Å². The summed E-state index contributed by atoms with van der Waals surface area (Å²) in [5, 5.41) is 45.0. The predicted octanol–water partition coefficient (Wildman–Crippen LogP) is 4.69. The Morgan fingerprint density at radius 3 is 2.25 bits per heavy atom. The van der Waals surface area contributed by atoms with Crippen LogP contribution in [0.5, 0.6) is 0 Å². The van der Waals surface area contributed by atoms with Gasteiger partial charge >= 0.3 is 5.97 Å². The summed E-state index contributed by atoms with van der Waals surface area (Å²) in [6.07, 6.45) is 4.85. The van der Waals surface area contributed by atoms with Gasteiger partial charge in [0, 0.05) is 37.2 Å². The highest BCUT2D eigenvalue weighted by Gasteiger charge is 2.51. The zero-order valence-corrected chi connectivity index (χ0v) is 28.6. The van der Waals surface area contributed by atoms with Gasteiger partial charge in [-0.1, -0.05) is 83.9 Å². The molecule has 0 aromatic heterocycles. The number of methoxy groups -OCH3 is 2. The largest absolute Gasteiger partial charge is 0.490 e. The fraction of sp³-hybridized carbons (Fsp3) is 0.743. The minimum Gasteiger partial charge on any atom is -0.490 e. The molecule has 44 heavy (non-hydrogen) atoms. The van der Waals surface area contributed by atoms with Crippen LogP contribution in [0.25, 0.3) is 0 Å². The topological polar surface area (TPSA) is 135 Å². The second-order valence-corrected chi connectivity index (χ2v) is 13.6. The number of carbonyl (C=O) groups is 1. The van der Waals surface area contributed by atoms with Crippen molar-refractivity contribution in [2.24, 2.45) is 35.5 Å². The summed E-state index contributed by atoms with van der Waals surface area (Å²) in [5.74, 6) is -4.49. The van der Waals surface area contributed by atoms with Crippen LogP contribution in [0, 0.1) is 35.5 Å². The van der Waals surface area contributed by atoms with Gasteiger partial charge in [-0.05, 0) is 38.2 Å². The second-order valence-electron chi connectivity index (χ2n) is 13.6. The monoisotopic (exact) mass is 622 g/mol. The first-order valence-corrected chi connectivity index (χ1v) is 15.9. The minimum absolute atomic E-state index is 0.00492. The molecule has 0 saturated carbocycles. The first-order valence-electron chi connectivity index (χ1n) is 15.9. The molecule has 2 rings (SSSR count). The third-order valence-corrected chi connectivity index (χ3v) is 9.50. The van der Waals surface area contributed by atoms with Crippen molar-refractivity contribution < 1.29 is 44.2 Å². The molecule has 2 heterocycles. The standard InChI is InChI=1S/C35H58O9/c1-19(2)32-24(7)27(36)18-35(40,44-32)26(9)31(38)25(8)33-28(41-10)14-12-13-20(3)15-22(5)30(37)23(6)16-21(4)17-29(42-11)34(39)43-33/h12-14,16-17,19,22-28,30-33,36-38,40H,15,18H2,1-11H3/b14-12-,20-13-,21-16-,29-17-. The molecule has 0 amide bonds. The molecule has 9 heteroatoms. The van der Waals surface area contributed by atoms with E-state index < -0.39 is 60.2 Å². The van der Waals surface area contributed by atoms with Gasteiger partial charge in [-0.3, -0.25) is 0 Å². The van der Waals surface area contributed by atoms with Crippen LogP contribution in [0.15, 0.2) is 47.3 Å². The van der Waals surface area contributed by atoms with Gasteiger partial charge in [-0.15, -0.1) is 0 Å². The van der Waals surface area contributed by atoms with E-state index >= 15 is 0 Å². The summed E-state index contributed by atoms with van der Waals surface area (Å²) < 4.78 is 23.4. The van der Waals surface area contributed by atoms with E-state index in [-0.39, 0.29) is 35.9 Å². The summed E-state index contributed by atoms with van der Waals surface area (Å²) in [7, 11) is 2.87. The molecule has 0 aromatic carbocycles. The van der Waals surface area contributed by atoms with Crippen LogP contribution < -0.4 is 0 Å². The van der Waals surface area contributed by atoms with Crippen molar-refractivity contribution in [3.05, 3.63) is 47.3 Å². The van der Waals surface area contributed by atoms with E-state index in [0.29, 0.717) is 6.42 Å². The summed E-state index contributed by atoms with van der Waals surface area (Å²) in [5.41, 5.74) is 1.78. The average Bonchev–Trinajstić information content (AvgIpc) is 2.96. The molecule has 252 valence electrons. The molecule has 0 aliphatic carbocycles. The molecule has 0 radical (unpaired) electrons. The van der Waals surface area contributed by atoms with Crippen molar-refractivity contribution in [2.75, 3.05) is 14.2 Å². The van der Waals surface area contributed by atoms with Crippen molar-refractivity contribution in [2.45, 2.75) is 118 Å². The van der Waals surface area contributed by atoms with Crippen LogP contribution in [0.1, 0.15) is 75.2 Å². The van der Waals surface area contributed by atoms with Crippen molar-refractivity contribution >= 4 is 5.97 Å². The van der Waals surface area contributed by atoms with Gasteiger partial charge in [0.05, 0.1) is 31.5 Å². The maximum atomic E-state index is 13.5. The fourth-order valence-electron chi connectivity index (χ4n) is 6.54. The quantitative estimate of drug-likeness (QED) is 0.298. The molecular weight excluding hydrogens is 564 g/mol. The Morgan fingerprint density at radius 2 is 1.68 bits per heavy atom. The molecule has 12 unspecified atom stereocenters. The van der Waals surface area contributed by atoms with Gasteiger partial charge in [-0.25, -0.2) is 4.79 Å². The number of cyclic esters (lactones) is 1. The Bertz CT molecular complexity index is 1060. The third-order valence-electron chi connectivity index (χ3n) is 9.50. The molecule has 12 atom stereocenters. The van der Waals surface area contributed by atoms with E-state index in [1.807, 2.05) is 66.7 Å². The maximum Gasteiger partial charge on any atom is 0.373 e. The highest BCUT2D eigenvalue weighted by atomic mass is 16.6. The number of hydrogen-bond donors (Lipinski definition) is 4. The summed E-state index contributed by atoms with van der Waals surface area (Å²) in [6.45, 7) is 17.0. The molecule has 2 aliphatic heterocycles. The average molecular weight is 623 g/mol. The number of aliphatic hydroxyl groups is 4. The zero-order chi connectivity index (χ0) is 33.5. The fourth-order valence-corrected chi connectivity index (χ4v) is 6.54. The van der Waals surface area contributed by atoms with Crippen molar-refractivity contribution in [1.29, 1.82) is 0 Å². The van der Waals surface area contributed by atoms with E-state index in [2.05, 4.69) is 0 Å². The molecule has 0 spiro atoms. The van der Waals surface area contributed by atoms with E-state index in [9.17, 15) is 25.2 Å². The maximum absolute atomic E-state index is 13.5. The number of carbonyl (C=O) groups excluding carboxylic acids is 1. The van der Waals surface area contributed by atoms with Crippen molar-refractivity contribution in [3.8, 4) is 0 Å². The van der Waals surface area contributed by atoms with Crippen LogP contribution in [0.3, 0.4) is 0 Å². The predicted molar refractivity (Wildman–Crippen MR) is 170 cm³/mol. The molecule has 0 bridgehead atoms. The molecule has 1 saturated heterocycles. The highest BCUT2D eigenvalue weighted by Crippen LogP contribution is 2.41. The number of hydrogen-bond acceptors (Lipinski definition) is 9. The molecule has 1 fully saturated rings. The van der Waals surface area contributed by atoms with Crippen LogP contribution in [-0.4, -0.2) is 83.0 Å². The van der Waals surface area contributed by atoms with Crippen LogP contribution in [0.2, 0.25) is 0 Å². The molecule has 4 N–H and O–H groups in total. The number of allylic oxidation sites excluding steroid dienone is 5. The highest BCUT2D eigenvalue weighted by molar-refractivity contribution is 5.87. The van der Waals surface area contributed by atoms with Crippen LogP contribution in [0.4, 0.5) is 0 Å². The van der Waals surface area contributed by atoms with E-state index in [0.717, 1.165) is 11.1 Å². The third kappa shape index (κ3) is 9.50. The number of rotatable bonds is 7. The number of esters is 1. The molecular formula is C35H58O9. The van der Waals surface area contributed by atoms with Gasteiger partial charge in [0.2, 0.25) is 5.76 Å². The van der Waals surface area contributed by atoms with Crippen LogP contribution >= 0.6 is 0 Å². The second kappa shape index (κ2) is 16.5. The Labute approximate surface area is 264 Å². The lowest BCUT2D eigenvalue weighted by Crippen LogP contribution is -2.59. The Morgan fingerprint density at radius 1 is 1.05 bits per heavy atom. The summed E-state index contributed by atoms with van der Waals surface area (Å²) >= 11 is 0. The molecule has 0 aromatic rings. The van der Waals surface area contributed by atoms with Gasteiger partial charge in [0.15, 0.2) is 5.79 Å². The van der Waals surface area contributed by atoms with Crippen molar-refractivity contribution in [1.82, 2.24) is 0 Å². The Balaban J connectivity index is 2.52. The molecule has 9 nitrogen and oxygen atoms in total. The van der Waals surface area contributed by atoms with Crippen molar-refractivity contribution in [3.63, 3.8) is 0 Å². The lowest BCUT2D eigenvalue weighted by atomic mass is 9.76. The first kappa shape index (κ1) is 38.2. The zero-order valence-electron chi connectivity index (χ0n) is 28.6. The van der Waals surface area contributed by atoms with Crippen LogP contribution in [-0.2, 0) is 23.7 Å². The lowest BCUT2D eigenvalue weighted by molar-refractivity contribution is -0.328. The van der Waals surface area contributed by atoms with Gasteiger partial charge in [0.1, 0.15) is 12.2 Å². The number of aliphatic hydroxyl groups excluding tert-OH is 3. The lowest BCUT2D eigenvalue weighted by Gasteiger charge is -2.49. The van der Waals surface area contributed by atoms with E-state index in [1.165, 1.54) is 14.2 Å². The van der Waals surface area contributed by atoms with Gasteiger partial charge in [-0.2, -0.15) is 0 Å². The smallest absolute Gasteiger partial charge is 0.373 e. The Kier molecular flexibility index (Phi) is 14.3. The van der Waals surface area contributed by atoms with Gasteiger partial charge in [0.25, 0.3) is 0 Å². The first-order chi connectivity index (χ1) is 20.5. The molecule has 2 aliphatic rings. The van der Waals surface area contributed by atoms with E-state index in [1.54, 1.807) is 26.0 Å². The minimum atomic E-state index is -1.80. The SMILES string of the molecule is CO/C1=C\C(C)=C/C(C)C(O)C(C)C/C(C)=C\C=C/C(OC)C(C(C)C(O)C(C)C2(O)CC(O)C(C)C(C(C)C)O2)OC1=O. The van der Waals surface area contributed by atoms with Gasteiger partial charge < -0.3 is 39.4 Å². The number of ether oxygens (including phenoxy) is 4. The Hall–Kier alpha value is -2.01. The summed E-state index contributed by atoms with van der Waals surface area (Å²) in [6, 6.07) is 0. The summed E-state index contributed by atoms with van der Waals surface area (Å²) in [4.78, 5) is 13.5. The normalized spacial score (nSPS) is 41.2.